The molecule has 1 saturated heterocycles. The second-order valence-corrected chi connectivity index (χ2v) is 6.83. The highest BCUT2D eigenvalue weighted by atomic mass is 16.5. The molecule has 2 fully saturated rings. The third-order valence-corrected chi connectivity index (χ3v) is 5.32. The van der Waals surface area contributed by atoms with Crippen LogP contribution in [0.3, 0.4) is 0 Å². The molecule has 1 aliphatic heterocycles. The van der Waals surface area contributed by atoms with Crippen LogP contribution >= 0.6 is 0 Å². The maximum absolute atomic E-state index is 5.93. The maximum Gasteiger partial charge on any atom is 0.0619 e. The van der Waals surface area contributed by atoms with Gasteiger partial charge < -0.3 is 10.1 Å². The fraction of sp³-hybridized carbons (Fsp3) is 0.667. The van der Waals surface area contributed by atoms with Crippen molar-refractivity contribution in [2.24, 2.45) is 5.41 Å². The van der Waals surface area contributed by atoms with Crippen molar-refractivity contribution in [2.75, 3.05) is 13.2 Å². The van der Waals surface area contributed by atoms with Gasteiger partial charge in [-0.25, -0.2) is 0 Å². The van der Waals surface area contributed by atoms with Crippen molar-refractivity contribution >= 4 is 0 Å². The van der Waals surface area contributed by atoms with E-state index < -0.39 is 0 Å². The van der Waals surface area contributed by atoms with E-state index in [9.17, 15) is 0 Å². The van der Waals surface area contributed by atoms with Gasteiger partial charge in [0.15, 0.2) is 0 Å². The predicted octanol–water partition coefficient (Wildman–Crippen LogP) is 3.39. The average Bonchev–Trinajstić information content (AvgIpc) is 3.18. The average molecular weight is 273 g/mol. The molecule has 0 radical (unpaired) electrons. The number of nitrogens with one attached hydrogen (secondary N) is 1. The van der Waals surface area contributed by atoms with Crippen molar-refractivity contribution in [3.05, 3.63) is 34.9 Å². The number of aryl methyl sites for hydroxylation is 2. The molecule has 1 aromatic carbocycles. The Labute approximate surface area is 122 Å². The third-order valence-electron chi connectivity index (χ3n) is 5.32. The zero-order valence-electron chi connectivity index (χ0n) is 13.0. The summed E-state index contributed by atoms with van der Waals surface area (Å²) in [5.41, 5.74) is 4.66. The lowest BCUT2D eigenvalue weighted by Gasteiger charge is -2.34. The molecule has 0 aromatic heterocycles. The zero-order chi connectivity index (χ0) is 14.2. The number of ether oxygens (including phenoxy) is 1. The molecule has 1 heterocycles. The van der Waals surface area contributed by atoms with Crippen LogP contribution in [0.5, 0.6) is 0 Å². The molecule has 0 spiro atoms. The highest BCUT2D eigenvalue weighted by Crippen LogP contribution is 2.39. The predicted molar refractivity (Wildman–Crippen MR) is 83.1 cm³/mol. The van der Waals surface area contributed by atoms with Gasteiger partial charge >= 0.3 is 0 Å². The molecule has 2 aliphatic rings. The van der Waals surface area contributed by atoms with E-state index in [0.717, 1.165) is 25.6 Å². The smallest absolute Gasteiger partial charge is 0.0619 e. The third kappa shape index (κ3) is 2.77. The Bertz CT molecular complexity index is 460. The minimum Gasteiger partial charge on any atom is -0.378 e. The van der Waals surface area contributed by atoms with Crippen molar-refractivity contribution in [3.63, 3.8) is 0 Å². The summed E-state index contributed by atoms with van der Waals surface area (Å²) in [6, 6.07) is 7.42. The Morgan fingerprint density at radius 1 is 1.25 bits per heavy atom. The molecule has 1 N–H and O–H groups in total. The summed E-state index contributed by atoms with van der Waals surface area (Å²) in [7, 11) is 0. The summed E-state index contributed by atoms with van der Waals surface area (Å²) in [4.78, 5) is 0. The number of rotatable bonds is 5. The fourth-order valence-corrected chi connectivity index (χ4v) is 3.46. The van der Waals surface area contributed by atoms with E-state index >= 15 is 0 Å². The van der Waals surface area contributed by atoms with Crippen molar-refractivity contribution in [1.82, 2.24) is 5.32 Å². The molecule has 2 atom stereocenters. The van der Waals surface area contributed by atoms with E-state index in [1.807, 2.05) is 0 Å². The van der Waals surface area contributed by atoms with Crippen LogP contribution in [-0.4, -0.2) is 25.3 Å². The summed E-state index contributed by atoms with van der Waals surface area (Å²) in [5, 5.41) is 3.75. The Kier molecular flexibility index (Phi) is 3.87. The molecule has 110 valence electrons. The van der Waals surface area contributed by atoms with Crippen LogP contribution in [0.4, 0.5) is 0 Å². The van der Waals surface area contributed by atoms with E-state index in [1.54, 1.807) is 0 Å². The molecule has 0 bridgehead atoms. The number of hydrogen-bond donors (Lipinski definition) is 1. The Morgan fingerprint density at radius 3 is 2.50 bits per heavy atom. The van der Waals surface area contributed by atoms with Crippen LogP contribution in [0.25, 0.3) is 0 Å². The molecule has 20 heavy (non-hydrogen) atoms. The monoisotopic (exact) mass is 273 g/mol. The molecule has 2 unspecified atom stereocenters. The van der Waals surface area contributed by atoms with Gasteiger partial charge in [-0.1, -0.05) is 18.2 Å². The van der Waals surface area contributed by atoms with Gasteiger partial charge in [0.2, 0.25) is 0 Å². The van der Waals surface area contributed by atoms with E-state index in [4.69, 9.17) is 4.74 Å². The van der Waals surface area contributed by atoms with E-state index in [-0.39, 0.29) is 5.41 Å². The zero-order valence-corrected chi connectivity index (χ0v) is 13.0. The standard InChI is InChI=1S/C18H27NO/c1-13-5-4-6-14(2)17(13)11-18(9-10-20-15(18)3)12-19-16-7-8-16/h4-6,15-16,19H,7-12H2,1-3H3. The largest absolute Gasteiger partial charge is 0.378 e. The van der Waals surface area contributed by atoms with Gasteiger partial charge in [0, 0.05) is 24.6 Å². The van der Waals surface area contributed by atoms with Crippen molar-refractivity contribution in [3.8, 4) is 0 Å². The van der Waals surface area contributed by atoms with E-state index in [0.29, 0.717) is 6.10 Å². The van der Waals surface area contributed by atoms with Gasteiger partial charge in [0.05, 0.1) is 6.10 Å². The van der Waals surface area contributed by atoms with Gasteiger partial charge in [0.1, 0.15) is 0 Å². The Balaban J connectivity index is 1.82. The summed E-state index contributed by atoms with van der Waals surface area (Å²) in [6.45, 7) is 8.76. The SMILES string of the molecule is Cc1cccc(C)c1CC1(CNC2CC2)CCOC1C. The summed E-state index contributed by atoms with van der Waals surface area (Å²) < 4.78 is 5.93. The minimum atomic E-state index is 0.277. The van der Waals surface area contributed by atoms with Crippen LogP contribution in [0.1, 0.15) is 42.9 Å². The first kappa shape index (κ1) is 14.1. The molecule has 3 rings (SSSR count). The van der Waals surface area contributed by atoms with Crippen LogP contribution in [0.15, 0.2) is 18.2 Å². The first-order chi connectivity index (χ1) is 9.61. The van der Waals surface area contributed by atoms with E-state index in [1.165, 1.54) is 36.0 Å². The van der Waals surface area contributed by atoms with Gasteiger partial charge in [-0.3, -0.25) is 0 Å². The first-order valence-corrected chi connectivity index (χ1v) is 8.01. The maximum atomic E-state index is 5.93. The molecular weight excluding hydrogens is 246 g/mol. The lowest BCUT2D eigenvalue weighted by molar-refractivity contribution is 0.0627. The van der Waals surface area contributed by atoms with Gasteiger partial charge in [-0.15, -0.1) is 0 Å². The summed E-state index contributed by atoms with van der Waals surface area (Å²) in [5.74, 6) is 0. The number of hydrogen-bond acceptors (Lipinski definition) is 2. The lowest BCUT2D eigenvalue weighted by atomic mass is 9.74. The summed E-state index contributed by atoms with van der Waals surface area (Å²) in [6.07, 6.45) is 5.39. The van der Waals surface area contributed by atoms with Gasteiger partial charge in [-0.2, -0.15) is 0 Å². The highest BCUT2D eigenvalue weighted by molar-refractivity contribution is 5.34. The molecule has 1 aromatic rings. The molecule has 1 saturated carbocycles. The normalized spacial score (nSPS) is 29.9. The first-order valence-electron chi connectivity index (χ1n) is 8.01. The van der Waals surface area contributed by atoms with Crippen LogP contribution in [0.2, 0.25) is 0 Å². The number of benzene rings is 1. The second kappa shape index (κ2) is 5.50. The van der Waals surface area contributed by atoms with E-state index in [2.05, 4.69) is 44.3 Å². The van der Waals surface area contributed by atoms with Crippen LogP contribution < -0.4 is 5.32 Å². The molecular formula is C18H27NO. The minimum absolute atomic E-state index is 0.277. The highest BCUT2D eigenvalue weighted by Gasteiger charge is 2.42. The molecule has 2 heteroatoms. The van der Waals surface area contributed by atoms with Crippen molar-refractivity contribution < 1.29 is 4.74 Å². The quantitative estimate of drug-likeness (QED) is 0.888. The lowest BCUT2D eigenvalue weighted by Crippen LogP contribution is -2.42. The van der Waals surface area contributed by atoms with Gasteiger partial charge in [-0.05, 0) is 63.1 Å². The molecule has 2 nitrogen and oxygen atoms in total. The summed E-state index contributed by atoms with van der Waals surface area (Å²) >= 11 is 0. The Morgan fingerprint density at radius 2 is 1.95 bits per heavy atom. The van der Waals surface area contributed by atoms with Crippen molar-refractivity contribution in [2.45, 2.75) is 58.6 Å². The molecule has 0 amide bonds. The van der Waals surface area contributed by atoms with Crippen LogP contribution in [-0.2, 0) is 11.2 Å². The van der Waals surface area contributed by atoms with Crippen molar-refractivity contribution in [1.29, 1.82) is 0 Å². The molecule has 1 aliphatic carbocycles. The Hall–Kier alpha value is -0.860. The fourth-order valence-electron chi connectivity index (χ4n) is 3.46. The topological polar surface area (TPSA) is 21.3 Å². The van der Waals surface area contributed by atoms with Crippen LogP contribution in [0, 0.1) is 19.3 Å². The second-order valence-electron chi connectivity index (χ2n) is 6.83. The van der Waals surface area contributed by atoms with Gasteiger partial charge in [0.25, 0.3) is 0 Å².